The predicted octanol–water partition coefficient (Wildman–Crippen LogP) is 4.00. The van der Waals surface area contributed by atoms with Crippen LogP contribution in [0.25, 0.3) is 0 Å². The van der Waals surface area contributed by atoms with Crippen molar-refractivity contribution < 1.29 is 4.79 Å². The van der Waals surface area contributed by atoms with Gasteiger partial charge in [0.05, 0.1) is 15.8 Å². The quantitative estimate of drug-likeness (QED) is 0.833. The molecule has 0 aliphatic heterocycles. The molecule has 0 bridgehead atoms. The second-order valence-corrected chi connectivity index (χ2v) is 6.33. The van der Waals surface area contributed by atoms with Gasteiger partial charge in [-0.1, -0.05) is 29.3 Å². The number of benzene rings is 1. The molecule has 0 aromatic heterocycles. The Labute approximate surface area is 121 Å². The van der Waals surface area contributed by atoms with Crippen LogP contribution < -0.4 is 5.32 Å². The molecule has 1 N–H and O–H groups in total. The molecule has 1 fully saturated rings. The van der Waals surface area contributed by atoms with E-state index in [4.69, 9.17) is 23.2 Å². The molecule has 1 aliphatic rings. The van der Waals surface area contributed by atoms with E-state index in [1.165, 1.54) is 24.6 Å². The molecule has 98 valence electrons. The van der Waals surface area contributed by atoms with Gasteiger partial charge in [0.1, 0.15) is 0 Å². The van der Waals surface area contributed by atoms with Crippen LogP contribution >= 0.6 is 35.0 Å². The molecule has 1 aromatic rings. The summed E-state index contributed by atoms with van der Waals surface area (Å²) in [6, 6.07) is 5.63. The maximum atomic E-state index is 11.8. The second kappa shape index (κ2) is 6.18. The molecule has 18 heavy (non-hydrogen) atoms. The lowest BCUT2D eigenvalue weighted by Crippen LogP contribution is -2.35. The van der Waals surface area contributed by atoms with E-state index >= 15 is 0 Å². The van der Waals surface area contributed by atoms with Gasteiger partial charge in [-0.15, -0.1) is 11.8 Å². The topological polar surface area (TPSA) is 29.1 Å². The summed E-state index contributed by atoms with van der Waals surface area (Å²) in [5.41, 5.74) is 0. The first-order valence-corrected chi connectivity index (χ1v) is 7.68. The van der Waals surface area contributed by atoms with Crippen LogP contribution in [0.5, 0.6) is 0 Å². The summed E-state index contributed by atoms with van der Waals surface area (Å²) in [4.78, 5) is 12.5. The Morgan fingerprint density at radius 3 is 2.61 bits per heavy atom. The lowest BCUT2D eigenvalue weighted by Gasteiger charge is -2.13. The number of hydrogen-bond acceptors (Lipinski definition) is 2. The summed E-state index contributed by atoms with van der Waals surface area (Å²) in [6.07, 6.45) is 2.45. The Balaban J connectivity index is 1.85. The fraction of sp³-hybridized carbons (Fsp3) is 0.462. The van der Waals surface area contributed by atoms with E-state index in [0.717, 1.165) is 4.90 Å². The van der Waals surface area contributed by atoms with E-state index in [-0.39, 0.29) is 11.9 Å². The number of halogens is 2. The van der Waals surface area contributed by atoms with Crippen LogP contribution in [-0.2, 0) is 4.79 Å². The van der Waals surface area contributed by atoms with Crippen LogP contribution in [0.15, 0.2) is 23.1 Å². The third-order valence-electron chi connectivity index (χ3n) is 2.98. The van der Waals surface area contributed by atoms with Crippen LogP contribution in [0.1, 0.15) is 19.8 Å². The Morgan fingerprint density at radius 2 is 2.06 bits per heavy atom. The summed E-state index contributed by atoms with van der Waals surface area (Å²) in [7, 11) is 0. The van der Waals surface area contributed by atoms with Crippen molar-refractivity contribution >= 4 is 40.9 Å². The number of carbonyl (C=O) groups excluding carboxylic acids is 1. The maximum absolute atomic E-state index is 11.8. The van der Waals surface area contributed by atoms with Crippen molar-refractivity contribution in [2.24, 2.45) is 5.92 Å². The normalized spacial score (nSPS) is 16.4. The smallest absolute Gasteiger partial charge is 0.230 e. The van der Waals surface area contributed by atoms with Crippen molar-refractivity contribution in [3.63, 3.8) is 0 Å². The van der Waals surface area contributed by atoms with Gasteiger partial charge in [0.15, 0.2) is 0 Å². The summed E-state index contributed by atoms with van der Waals surface area (Å²) in [5.74, 6) is 1.05. The highest BCUT2D eigenvalue weighted by Crippen LogP contribution is 2.34. The highest BCUT2D eigenvalue weighted by Gasteiger charge is 2.28. The summed E-state index contributed by atoms with van der Waals surface area (Å²) < 4.78 is 0. The molecule has 1 aliphatic carbocycles. The van der Waals surface area contributed by atoms with E-state index in [0.29, 0.717) is 21.7 Å². The van der Waals surface area contributed by atoms with Crippen molar-refractivity contribution in [1.82, 2.24) is 5.32 Å². The first-order valence-electron chi connectivity index (χ1n) is 5.94. The fourth-order valence-electron chi connectivity index (χ4n) is 1.77. The van der Waals surface area contributed by atoms with E-state index in [1.54, 1.807) is 18.2 Å². The van der Waals surface area contributed by atoms with Crippen molar-refractivity contribution in [2.45, 2.75) is 30.7 Å². The molecule has 0 saturated heterocycles. The minimum absolute atomic E-state index is 0.0374. The molecular formula is C13H15Cl2NOS. The van der Waals surface area contributed by atoms with Gasteiger partial charge in [-0.05, 0) is 37.8 Å². The van der Waals surface area contributed by atoms with E-state index in [1.807, 2.05) is 0 Å². The van der Waals surface area contributed by atoms with Gasteiger partial charge >= 0.3 is 0 Å². The summed E-state index contributed by atoms with van der Waals surface area (Å²) >= 11 is 13.5. The zero-order valence-corrected chi connectivity index (χ0v) is 12.4. The van der Waals surface area contributed by atoms with Crippen molar-refractivity contribution in [3.05, 3.63) is 28.2 Å². The first kappa shape index (κ1) is 14.0. The average molecular weight is 304 g/mol. The number of amides is 1. The van der Waals surface area contributed by atoms with Gasteiger partial charge in [-0.25, -0.2) is 0 Å². The number of hydrogen-bond donors (Lipinski definition) is 1. The molecule has 0 heterocycles. The molecule has 2 rings (SSSR count). The van der Waals surface area contributed by atoms with Crippen molar-refractivity contribution in [2.75, 3.05) is 5.75 Å². The maximum Gasteiger partial charge on any atom is 0.230 e. The van der Waals surface area contributed by atoms with Gasteiger partial charge < -0.3 is 5.32 Å². The lowest BCUT2D eigenvalue weighted by molar-refractivity contribution is -0.119. The molecule has 2 nitrogen and oxygen atoms in total. The van der Waals surface area contributed by atoms with Crippen LogP contribution in [-0.4, -0.2) is 17.7 Å². The van der Waals surface area contributed by atoms with Crippen LogP contribution in [0.4, 0.5) is 0 Å². The molecule has 0 radical (unpaired) electrons. The largest absolute Gasteiger partial charge is 0.353 e. The third-order valence-corrected chi connectivity index (χ3v) is 4.97. The first-order chi connectivity index (χ1) is 8.58. The Kier molecular flexibility index (Phi) is 4.82. The van der Waals surface area contributed by atoms with Gasteiger partial charge in [0.25, 0.3) is 0 Å². The summed E-state index contributed by atoms with van der Waals surface area (Å²) in [5, 5.41) is 4.19. The van der Waals surface area contributed by atoms with Gasteiger partial charge in [-0.2, -0.15) is 0 Å². The summed E-state index contributed by atoms with van der Waals surface area (Å²) in [6.45, 7) is 2.06. The monoisotopic (exact) mass is 303 g/mol. The van der Waals surface area contributed by atoms with Crippen molar-refractivity contribution in [1.29, 1.82) is 0 Å². The highest BCUT2D eigenvalue weighted by molar-refractivity contribution is 8.00. The zero-order valence-electron chi connectivity index (χ0n) is 10.1. The van der Waals surface area contributed by atoms with Crippen LogP contribution in [0.3, 0.4) is 0 Å². The molecule has 1 amide bonds. The van der Waals surface area contributed by atoms with Gasteiger partial charge in [0, 0.05) is 10.9 Å². The molecule has 1 aromatic carbocycles. The Hall–Kier alpha value is -0.380. The SMILES string of the molecule is C[C@H](NC(=O)CSc1c(Cl)cccc1Cl)C1CC1. The van der Waals surface area contributed by atoms with Crippen LogP contribution in [0, 0.1) is 5.92 Å². The molecule has 1 atom stereocenters. The number of carbonyl (C=O) groups is 1. The second-order valence-electron chi connectivity index (χ2n) is 4.53. The van der Waals surface area contributed by atoms with E-state index in [2.05, 4.69) is 12.2 Å². The van der Waals surface area contributed by atoms with E-state index < -0.39 is 0 Å². The van der Waals surface area contributed by atoms with Gasteiger partial charge in [0.2, 0.25) is 5.91 Å². The molecule has 5 heteroatoms. The van der Waals surface area contributed by atoms with Gasteiger partial charge in [-0.3, -0.25) is 4.79 Å². The highest BCUT2D eigenvalue weighted by atomic mass is 35.5. The fourth-order valence-corrected chi connectivity index (χ4v) is 3.26. The average Bonchev–Trinajstić information content (AvgIpc) is 3.12. The standard InChI is InChI=1S/C13H15Cl2NOS/c1-8(9-5-6-9)16-12(17)7-18-13-10(14)3-2-4-11(13)15/h2-4,8-9H,5-7H2,1H3,(H,16,17)/t8-/m0/s1. The molecule has 0 unspecified atom stereocenters. The minimum Gasteiger partial charge on any atom is -0.353 e. The van der Waals surface area contributed by atoms with Crippen molar-refractivity contribution in [3.8, 4) is 0 Å². The lowest BCUT2D eigenvalue weighted by atomic mass is 10.2. The zero-order chi connectivity index (χ0) is 13.1. The Morgan fingerprint density at radius 1 is 1.44 bits per heavy atom. The third kappa shape index (κ3) is 3.81. The minimum atomic E-state index is 0.0374. The van der Waals surface area contributed by atoms with E-state index in [9.17, 15) is 4.79 Å². The Bertz CT molecular complexity index is 428. The van der Waals surface area contributed by atoms with Crippen LogP contribution in [0.2, 0.25) is 10.0 Å². The molecular weight excluding hydrogens is 289 g/mol. The molecule has 0 spiro atoms. The number of thioether (sulfide) groups is 1. The number of rotatable bonds is 5. The molecule has 1 saturated carbocycles. The number of nitrogens with one attached hydrogen (secondary N) is 1. The predicted molar refractivity (Wildman–Crippen MR) is 77.5 cm³/mol.